The van der Waals surface area contributed by atoms with Crippen LogP contribution in [-0.2, 0) is 9.30 Å². The molecule has 2 rings (SSSR count). The Kier molecular flexibility index (Phi) is 7.27. The predicted molar refractivity (Wildman–Crippen MR) is 73.1 cm³/mol. The summed E-state index contributed by atoms with van der Waals surface area (Å²) in [4.78, 5) is 41.8. The van der Waals surface area contributed by atoms with E-state index in [2.05, 4.69) is 0 Å². The molecule has 1 aliphatic rings. The number of aliphatic hydroxyl groups is 1. The van der Waals surface area contributed by atoms with Gasteiger partial charge in [0.05, 0.1) is 24.6 Å². The van der Waals surface area contributed by atoms with E-state index in [9.17, 15) is 23.7 Å². The number of halogens is 1. The molecule has 22 heavy (non-hydrogen) atoms. The second-order valence-electron chi connectivity index (χ2n) is 4.75. The Morgan fingerprint density at radius 1 is 1.45 bits per heavy atom. The molecule has 0 spiro atoms. The van der Waals surface area contributed by atoms with Crippen LogP contribution in [0.1, 0.15) is 19.1 Å². The second-order valence-corrected chi connectivity index (χ2v) is 6.53. The normalized spacial score (nSPS) is 25.0. The summed E-state index contributed by atoms with van der Waals surface area (Å²) in [7, 11) is -4.23. The molecule has 9 nitrogen and oxygen atoms in total. The SMILES string of the molecule is O=c1[nH]c(=O)n([C@H]2C[C@H](O)[C@@H](CCP(=O)(O)O)O2)cc1F.[Ba+2]. The maximum atomic E-state index is 13.2. The van der Waals surface area contributed by atoms with Crippen LogP contribution in [0.4, 0.5) is 4.39 Å². The van der Waals surface area contributed by atoms with Crippen LogP contribution in [0.15, 0.2) is 15.8 Å². The monoisotopic (exact) mass is 462 g/mol. The fourth-order valence-corrected chi connectivity index (χ4v) is 2.71. The van der Waals surface area contributed by atoms with Crippen molar-refractivity contribution in [1.82, 2.24) is 9.55 Å². The van der Waals surface area contributed by atoms with Gasteiger partial charge in [0.15, 0.2) is 0 Å². The third-order valence-corrected chi connectivity index (χ3v) is 3.98. The number of aromatic amines is 1. The van der Waals surface area contributed by atoms with Gasteiger partial charge >= 0.3 is 62.2 Å². The first-order chi connectivity index (χ1) is 9.67. The Morgan fingerprint density at radius 3 is 2.68 bits per heavy atom. The van der Waals surface area contributed by atoms with Gasteiger partial charge in [-0.3, -0.25) is 18.9 Å². The summed E-state index contributed by atoms with van der Waals surface area (Å²) in [5, 5.41) is 9.77. The number of ether oxygens (including phenoxy) is 1. The number of nitrogens with one attached hydrogen (secondary N) is 1. The van der Waals surface area contributed by atoms with Crippen LogP contribution < -0.4 is 11.2 Å². The molecule has 1 saturated heterocycles. The largest absolute Gasteiger partial charge is 2.00 e. The molecular formula is C10H14BaFN2O7P+2. The van der Waals surface area contributed by atoms with Crippen LogP contribution >= 0.6 is 7.60 Å². The number of aromatic nitrogens is 2. The van der Waals surface area contributed by atoms with E-state index in [1.165, 1.54) is 0 Å². The van der Waals surface area contributed by atoms with Crippen molar-refractivity contribution in [2.75, 3.05) is 6.16 Å². The van der Waals surface area contributed by atoms with Gasteiger partial charge in [0.25, 0.3) is 5.56 Å². The number of nitrogens with zero attached hydrogens (tertiary/aromatic N) is 1. The van der Waals surface area contributed by atoms with Crippen LogP contribution in [0.3, 0.4) is 0 Å². The molecule has 118 valence electrons. The van der Waals surface area contributed by atoms with Crippen LogP contribution in [0, 0.1) is 5.82 Å². The minimum Gasteiger partial charge on any atom is -0.390 e. The molecule has 0 aromatic carbocycles. The second kappa shape index (κ2) is 7.88. The van der Waals surface area contributed by atoms with E-state index in [4.69, 9.17) is 14.5 Å². The summed E-state index contributed by atoms with van der Waals surface area (Å²) < 4.78 is 30.1. The van der Waals surface area contributed by atoms with E-state index in [0.29, 0.717) is 6.20 Å². The Bertz CT molecular complexity index is 687. The summed E-state index contributed by atoms with van der Waals surface area (Å²) >= 11 is 0. The van der Waals surface area contributed by atoms with Crippen molar-refractivity contribution in [3.63, 3.8) is 0 Å². The van der Waals surface area contributed by atoms with Crippen molar-refractivity contribution in [2.24, 2.45) is 0 Å². The van der Waals surface area contributed by atoms with Gasteiger partial charge in [0.2, 0.25) is 5.82 Å². The van der Waals surface area contributed by atoms with Crippen molar-refractivity contribution in [3.8, 4) is 0 Å². The Hall–Kier alpha value is 0.251. The number of aliphatic hydroxyl groups excluding tert-OH is 1. The molecule has 12 heteroatoms. The molecule has 3 atom stereocenters. The Morgan fingerprint density at radius 2 is 2.09 bits per heavy atom. The molecule has 1 fully saturated rings. The number of hydrogen-bond acceptors (Lipinski definition) is 5. The average Bonchev–Trinajstić information content (AvgIpc) is 2.72. The van der Waals surface area contributed by atoms with E-state index in [-0.39, 0.29) is 61.7 Å². The summed E-state index contributed by atoms with van der Waals surface area (Å²) in [6.07, 6.45) is -2.92. The van der Waals surface area contributed by atoms with Crippen molar-refractivity contribution in [1.29, 1.82) is 0 Å². The first kappa shape index (κ1) is 20.3. The van der Waals surface area contributed by atoms with Gasteiger partial charge in [0, 0.05) is 6.42 Å². The fourth-order valence-electron chi connectivity index (χ4n) is 2.12. The zero-order valence-electron chi connectivity index (χ0n) is 11.4. The standard InChI is InChI=1S/C10H14FN2O7P.Ba/c11-5-4-13(10(16)12-9(5)15)8-3-6(14)7(20-8)1-2-21(17,18)19;/h4,6-8,14H,1-3H2,(H,12,15,16)(H2,17,18,19);/q;+2/t6-,7+,8+;/m0./s1. The van der Waals surface area contributed by atoms with E-state index in [1.807, 2.05) is 0 Å². The topological polar surface area (TPSA) is 142 Å². The van der Waals surface area contributed by atoms with Crippen LogP contribution in [-0.4, -0.2) is 91.7 Å². The molecule has 0 unspecified atom stereocenters. The molecule has 0 radical (unpaired) electrons. The summed E-state index contributed by atoms with van der Waals surface area (Å²) in [6.45, 7) is 0. The van der Waals surface area contributed by atoms with Crippen molar-refractivity contribution in [3.05, 3.63) is 32.9 Å². The van der Waals surface area contributed by atoms with Crippen molar-refractivity contribution >= 4 is 56.5 Å². The van der Waals surface area contributed by atoms with Crippen LogP contribution in [0.2, 0.25) is 0 Å². The summed E-state index contributed by atoms with van der Waals surface area (Å²) in [6, 6.07) is 0. The van der Waals surface area contributed by atoms with Gasteiger partial charge in [-0.05, 0) is 6.42 Å². The molecule has 0 bridgehead atoms. The maximum Gasteiger partial charge on any atom is 2.00 e. The molecule has 0 amide bonds. The van der Waals surface area contributed by atoms with Gasteiger partial charge in [-0.2, -0.15) is 4.39 Å². The van der Waals surface area contributed by atoms with E-state index >= 15 is 0 Å². The van der Waals surface area contributed by atoms with Crippen LogP contribution in [0.25, 0.3) is 0 Å². The maximum absolute atomic E-state index is 13.2. The first-order valence-corrected chi connectivity index (χ1v) is 7.86. The first-order valence-electron chi connectivity index (χ1n) is 6.06. The van der Waals surface area contributed by atoms with E-state index in [0.717, 1.165) is 4.57 Å². The van der Waals surface area contributed by atoms with Crippen molar-refractivity contribution < 1.29 is 28.6 Å². The zero-order valence-corrected chi connectivity index (χ0v) is 16.7. The van der Waals surface area contributed by atoms with Gasteiger partial charge < -0.3 is 19.6 Å². The third kappa shape index (κ3) is 5.13. The number of rotatable bonds is 4. The average molecular weight is 462 g/mol. The fraction of sp³-hybridized carbons (Fsp3) is 0.600. The Balaban J connectivity index is 0.00000242. The minimum absolute atomic E-state index is 0. The number of hydrogen-bond donors (Lipinski definition) is 4. The van der Waals surface area contributed by atoms with Gasteiger partial charge in [-0.25, -0.2) is 4.79 Å². The molecule has 1 aromatic rings. The minimum atomic E-state index is -4.23. The van der Waals surface area contributed by atoms with Gasteiger partial charge in [0.1, 0.15) is 6.23 Å². The molecule has 1 aliphatic heterocycles. The van der Waals surface area contributed by atoms with Gasteiger partial charge in [-0.15, -0.1) is 0 Å². The predicted octanol–water partition coefficient (Wildman–Crippen LogP) is -1.49. The smallest absolute Gasteiger partial charge is 0.390 e. The van der Waals surface area contributed by atoms with E-state index in [1.54, 1.807) is 4.98 Å². The summed E-state index contributed by atoms with van der Waals surface area (Å²) in [5.74, 6) is -1.17. The van der Waals surface area contributed by atoms with Gasteiger partial charge in [-0.1, -0.05) is 0 Å². The Labute approximate surface area is 163 Å². The van der Waals surface area contributed by atoms with Crippen molar-refractivity contribution in [2.45, 2.75) is 31.3 Å². The molecular weight excluding hydrogens is 447 g/mol. The molecule has 1 aromatic heterocycles. The number of H-pyrrole nitrogens is 1. The quantitative estimate of drug-likeness (QED) is 0.316. The zero-order chi connectivity index (χ0) is 15.8. The molecule has 0 aliphatic carbocycles. The third-order valence-electron chi connectivity index (χ3n) is 3.14. The van der Waals surface area contributed by atoms with Crippen LogP contribution in [0.5, 0.6) is 0 Å². The van der Waals surface area contributed by atoms with E-state index < -0.39 is 49.3 Å². The molecule has 2 heterocycles. The molecule has 0 saturated carbocycles. The summed E-state index contributed by atoms with van der Waals surface area (Å²) in [5.41, 5.74) is -2.05. The molecule has 4 N–H and O–H groups in total.